The van der Waals surface area contributed by atoms with Crippen molar-refractivity contribution < 1.29 is 13.9 Å². The number of hydrogen-bond acceptors (Lipinski definition) is 6. The Morgan fingerprint density at radius 2 is 1.90 bits per heavy atom. The van der Waals surface area contributed by atoms with Gasteiger partial charge in [0.2, 0.25) is 5.13 Å². The zero-order valence-corrected chi connectivity index (χ0v) is 19.0. The molecule has 2 aromatic heterocycles. The zero-order valence-electron chi connectivity index (χ0n) is 17.5. The van der Waals surface area contributed by atoms with Crippen LogP contribution < -0.4 is 10.1 Å². The Morgan fingerprint density at radius 3 is 2.58 bits per heavy atom. The van der Waals surface area contributed by atoms with Crippen molar-refractivity contribution in [1.82, 2.24) is 9.88 Å². The van der Waals surface area contributed by atoms with Gasteiger partial charge in [0, 0.05) is 36.1 Å². The number of aromatic nitrogens is 1. The van der Waals surface area contributed by atoms with Crippen molar-refractivity contribution in [2.75, 3.05) is 21.2 Å². The fourth-order valence-corrected chi connectivity index (χ4v) is 4.21. The number of carbonyl (C=O) groups is 1. The molecule has 0 aliphatic rings. The van der Waals surface area contributed by atoms with E-state index >= 15 is 0 Å². The Labute approximate surface area is 188 Å². The van der Waals surface area contributed by atoms with Crippen LogP contribution in [0.25, 0.3) is 22.3 Å². The largest absolute Gasteiger partial charge is 0.497 e. The van der Waals surface area contributed by atoms with E-state index < -0.39 is 0 Å². The van der Waals surface area contributed by atoms with Crippen molar-refractivity contribution in [1.29, 1.82) is 0 Å². The number of nitrogens with zero attached hydrogens (tertiary/aromatic N) is 3. The SMILES string of the molecule is COc1ccc(-c2c/c(=N\c3nc(C)c(C(=O)N(C)C)s3)c3cc(Cl)ccc3o2)cc1. The first kappa shape index (κ1) is 21.1. The van der Waals surface area contributed by atoms with E-state index in [0.29, 0.717) is 37.4 Å². The van der Waals surface area contributed by atoms with Crippen LogP contribution in [-0.4, -0.2) is 37.0 Å². The minimum absolute atomic E-state index is 0.0914. The highest BCUT2D eigenvalue weighted by Gasteiger charge is 2.17. The van der Waals surface area contributed by atoms with Gasteiger partial charge in [-0.3, -0.25) is 4.79 Å². The maximum Gasteiger partial charge on any atom is 0.265 e. The Bertz CT molecular complexity index is 1340. The molecule has 31 heavy (non-hydrogen) atoms. The number of methoxy groups -OCH3 is 1. The molecule has 2 heterocycles. The Kier molecular flexibility index (Phi) is 5.80. The third-order valence-electron chi connectivity index (χ3n) is 4.68. The van der Waals surface area contributed by atoms with E-state index in [9.17, 15) is 4.79 Å². The summed E-state index contributed by atoms with van der Waals surface area (Å²) in [6.45, 7) is 1.81. The fraction of sp³-hybridized carbons (Fsp3) is 0.174. The maximum atomic E-state index is 12.4. The van der Waals surface area contributed by atoms with Crippen LogP contribution in [0, 0.1) is 6.92 Å². The number of thiazole rings is 1. The van der Waals surface area contributed by atoms with Crippen molar-refractivity contribution in [3.63, 3.8) is 0 Å². The number of fused-ring (bicyclic) bond motifs is 1. The molecule has 6 nitrogen and oxygen atoms in total. The summed E-state index contributed by atoms with van der Waals surface area (Å²) in [4.78, 5) is 23.7. The maximum absolute atomic E-state index is 12.4. The van der Waals surface area contributed by atoms with E-state index in [1.807, 2.05) is 49.4 Å². The van der Waals surface area contributed by atoms with Gasteiger partial charge in [0.1, 0.15) is 22.0 Å². The van der Waals surface area contributed by atoms with Crippen LogP contribution in [0.4, 0.5) is 5.13 Å². The van der Waals surface area contributed by atoms with Gasteiger partial charge >= 0.3 is 0 Å². The zero-order chi connectivity index (χ0) is 22.1. The first-order chi connectivity index (χ1) is 14.9. The lowest BCUT2D eigenvalue weighted by molar-refractivity contribution is 0.0831. The van der Waals surface area contributed by atoms with Crippen LogP contribution >= 0.6 is 22.9 Å². The molecule has 0 aliphatic heterocycles. The van der Waals surface area contributed by atoms with Crippen molar-refractivity contribution >= 4 is 44.9 Å². The highest BCUT2D eigenvalue weighted by Crippen LogP contribution is 2.28. The summed E-state index contributed by atoms with van der Waals surface area (Å²) in [5, 5.41) is 2.50. The van der Waals surface area contributed by atoms with E-state index in [2.05, 4.69) is 4.98 Å². The standard InChI is InChI=1S/C23H20ClN3O3S/c1-13-21(22(28)27(2)3)31-23(25-13)26-18-12-20(14-5-8-16(29-4)9-6-14)30-19-10-7-15(24)11-17(18)19/h5-12H,1-4H3/b26-18+. The van der Waals surface area contributed by atoms with Crippen LogP contribution in [0.2, 0.25) is 5.02 Å². The van der Waals surface area contributed by atoms with E-state index in [-0.39, 0.29) is 5.91 Å². The summed E-state index contributed by atoms with van der Waals surface area (Å²) in [5.74, 6) is 1.32. The van der Waals surface area contributed by atoms with Gasteiger partial charge in [-0.25, -0.2) is 9.98 Å². The average Bonchev–Trinajstić information content (AvgIpc) is 3.13. The minimum Gasteiger partial charge on any atom is -0.497 e. The Hall–Kier alpha value is -3.16. The van der Waals surface area contributed by atoms with Crippen LogP contribution in [0.15, 0.2) is 57.9 Å². The van der Waals surface area contributed by atoms with Crippen LogP contribution in [0.1, 0.15) is 15.4 Å². The molecule has 1 amide bonds. The Balaban J connectivity index is 1.90. The molecule has 0 spiro atoms. The number of hydrogen-bond donors (Lipinski definition) is 0. The summed E-state index contributed by atoms with van der Waals surface area (Å²) in [6.07, 6.45) is 0. The number of carbonyl (C=O) groups excluding carboxylic acids is 1. The highest BCUT2D eigenvalue weighted by molar-refractivity contribution is 7.17. The van der Waals surface area contributed by atoms with Crippen molar-refractivity contribution in [2.24, 2.45) is 4.99 Å². The molecule has 0 fully saturated rings. The monoisotopic (exact) mass is 453 g/mol. The van der Waals surface area contributed by atoms with Crippen molar-refractivity contribution in [2.45, 2.75) is 6.92 Å². The molecule has 0 saturated heterocycles. The number of amides is 1. The van der Waals surface area contributed by atoms with Crippen LogP contribution in [0.3, 0.4) is 0 Å². The number of aryl methyl sites for hydroxylation is 1. The first-order valence-corrected chi connectivity index (χ1v) is 10.7. The molecule has 0 radical (unpaired) electrons. The number of ether oxygens (including phenoxy) is 1. The molecule has 4 rings (SSSR count). The summed E-state index contributed by atoms with van der Waals surface area (Å²) in [5.41, 5.74) is 2.18. The van der Waals surface area contributed by atoms with Gasteiger partial charge in [0.05, 0.1) is 18.2 Å². The molecule has 0 N–H and O–H groups in total. The highest BCUT2D eigenvalue weighted by atomic mass is 35.5. The second kappa shape index (κ2) is 8.53. The van der Waals surface area contributed by atoms with Gasteiger partial charge in [-0.1, -0.05) is 22.9 Å². The van der Waals surface area contributed by atoms with Crippen LogP contribution in [-0.2, 0) is 0 Å². The van der Waals surface area contributed by atoms with E-state index in [1.54, 1.807) is 27.3 Å². The van der Waals surface area contributed by atoms with Gasteiger partial charge in [0.25, 0.3) is 5.91 Å². The third-order valence-corrected chi connectivity index (χ3v) is 5.96. The van der Waals surface area contributed by atoms with E-state index in [1.165, 1.54) is 16.2 Å². The topological polar surface area (TPSA) is 67.9 Å². The lowest BCUT2D eigenvalue weighted by atomic mass is 10.1. The van der Waals surface area contributed by atoms with Gasteiger partial charge in [0.15, 0.2) is 0 Å². The van der Waals surface area contributed by atoms with E-state index in [0.717, 1.165) is 16.7 Å². The first-order valence-electron chi connectivity index (χ1n) is 9.47. The summed E-state index contributed by atoms with van der Waals surface area (Å²) in [6, 6.07) is 14.8. The second-order valence-corrected chi connectivity index (χ2v) is 8.50. The van der Waals surface area contributed by atoms with Gasteiger partial charge in [-0.2, -0.15) is 0 Å². The van der Waals surface area contributed by atoms with Crippen molar-refractivity contribution in [3.8, 4) is 17.1 Å². The molecule has 0 atom stereocenters. The van der Waals surface area contributed by atoms with Crippen molar-refractivity contribution in [3.05, 3.63) is 69.5 Å². The molecule has 0 unspecified atom stereocenters. The van der Waals surface area contributed by atoms with Gasteiger partial charge in [-0.15, -0.1) is 0 Å². The quantitative estimate of drug-likeness (QED) is 0.411. The predicted molar refractivity (Wildman–Crippen MR) is 123 cm³/mol. The fourth-order valence-electron chi connectivity index (χ4n) is 3.07. The predicted octanol–water partition coefficient (Wildman–Crippen LogP) is 5.46. The molecule has 0 bridgehead atoms. The van der Waals surface area contributed by atoms with Gasteiger partial charge < -0.3 is 14.1 Å². The molecular weight excluding hydrogens is 434 g/mol. The lowest BCUT2D eigenvalue weighted by Gasteiger charge is -2.07. The number of benzene rings is 2. The number of rotatable bonds is 4. The minimum atomic E-state index is -0.0914. The molecule has 158 valence electrons. The summed E-state index contributed by atoms with van der Waals surface area (Å²) in [7, 11) is 5.06. The molecule has 8 heteroatoms. The smallest absolute Gasteiger partial charge is 0.265 e. The number of halogens is 1. The molecular formula is C23H20ClN3O3S. The van der Waals surface area contributed by atoms with Crippen LogP contribution in [0.5, 0.6) is 5.75 Å². The van der Waals surface area contributed by atoms with E-state index in [4.69, 9.17) is 25.7 Å². The lowest BCUT2D eigenvalue weighted by Crippen LogP contribution is -2.21. The second-order valence-electron chi connectivity index (χ2n) is 7.09. The summed E-state index contributed by atoms with van der Waals surface area (Å²) < 4.78 is 11.4. The molecule has 0 saturated carbocycles. The Morgan fingerprint density at radius 1 is 1.16 bits per heavy atom. The molecule has 4 aromatic rings. The van der Waals surface area contributed by atoms with Gasteiger partial charge in [-0.05, 0) is 49.4 Å². The molecule has 0 aliphatic carbocycles. The normalized spacial score (nSPS) is 11.7. The average molecular weight is 454 g/mol. The molecule has 2 aromatic carbocycles. The third kappa shape index (κ3) is 4.33. The summed E-state index contributed by atoms with van der Waals surface area (Å²) >= 11 is 7.49.